The molecule has 0 aliphatic heterocycles. The molecular formula is C17H14N2O4. The third-order valence-electron chi connectivity index (χ3n) is 3.55. The number of carbonyl (C=O) groups is 1. The van der Waals surface area contributed by atoms with Crippen molar-refractivity contribution in [1.82, 2.24) is 4.40 Å². The highest BCUT2D eigenvalue weighted by molar-refractivity contribution is 5.98. The van der Waals surface area contributed by atoms with Crippen molar-refractivity contribution in [2.75, 3.05) is 6.61 Å². The van der Waals surface area contributed by atoms with Gasteiger partial charge in [-0.1, -0.05) is 0 Å². The number of nitro benzene ring substituents is 1. The Hall–Kier alpha value is -3.15. The highest BCUT2D eigenvalue weighted by atomic mass is 16.6. The minimum atomic E-state index is -0.452. The lowest BCUT2D eigenvalue weighted by Crippen LogP contribution is -2.08. The fraction of sp³-hybridized carbons (Fsp3) is 0.118. The standard InChI is InChI=1S/C17H14N2O4/c1-2-23-17(20)16-11-18-9-3-4-14(18)10-15(16)12-5-7-13(8-6-12)19(21)22/h3-11H,2H2,1H3. The predicted molar refractivity (Wildman–Crippen MR) is 85.4 cm³/mol. The van der Waals surface area contributed by atoms with Gasteiger partial charge in [-0.15, -0.1) is 0 Å². The van der Waals surface area contributed by atoms with Crippen LogP contribution in [-0.2, 0) is 4.74 Å². The highest BCUT2D eigenvalue weighted by Crippen LogP contribution is 2.28. The van der Waals surface area contributed by atoms with Crippen molar-refractivity contribution in [3.8, 4) is 11.1 Å². The maximum atomic E-state index is 12.2. The molecular weight excluding hydrogens is 296 g/mol. The number of fused-ring (bicyclic) bond motifs is 1. The maximum Gasteiger partial charge on any atom is 0.340 e. The van der Waals surface area contributed by atoms with Crippen LogP contribution in [0.1, 0.15) is 17.3 Å². The van der Waals surface area contributed by atoms with Crippen LogP contribution in [0.2, 0.25) is 0 Å². The molecule has 3 aromatic rings. The zero-order valence-corrected chi connectivity index (χ0v) is 12.4. The molecule has 0 fully saturated rings. The zero-order chi connectivity index (χ0) is 16.4. The lowest BCUT2D eigenvalue weighted by Gasteiger charge is -2.10. The van der Waals surface area contributed by atoms with Crippen molar-refractivity contribution in [3.05, 3.63) is 70.5 Å². The van der Waals surface area contributed by atoms with Crippen molar-refractivity contribution in [3.63, 3.8) is 0 Å². The van der Waals surface area contributed by atoms with Gasteiger partial charge in [-0.05, 0) is 48.4 Å². The Morgan fingerprint density at radius 3 is 2.65 bits per heavy atom. The maximum absolute atomic E-state index is 12.2. The summed E-state index contributed by atoms with van der Waals surface area (Å²) < 4.78 is 6.95. The number of hydrogen-bond acceptors (Lipinski definition) is 4. The normalized spacial score (nSPS) is 10.7. The van der Waals surface area contributed by atoms with Crippen molar-refractivity contribution in [2.45, 2.75) is 6.92 Å². The fourth-order valence-corrected chi connectivity index (χ4v) is 2.45. The molecule has 0 spiro atoms. The minimum Gasteiger partial charge on any atom is -0.462 e. The van der Waals surface area contributed by atoms with E-state index in [1.54, 1.807) is 25.3 Å². The fourth-order valence-electron chi connectivity index (χ4n) is 2.45. The summed E-state index contributed by atoms with van der Waals surface area (Å²) in [5.41, 5.74) is 2.76. The second kappa shape index (κ2) is 5.92. The van der Waals surface area contributed by atoms with Crippen LogP contribution in [0.3, 0.4) is 0 Å². The molecule has 1 aromatic carbocycles. The molecule has 0 radical (unpaired) electrons. The van der Waals surface area contributed by atoms with E-state index in [1.165, 1.54) is 12.1 Å². The van der Waals surface area contributed by atoms with Crippen LogP contribution in [0.25, 0.3) is 16.6 Å². The number of esters is 1. The summed E-state index contributed by atoms with van der Waals surface area (Å²) in [5, 5.41) is 10.8. The van der Waals surface area contributed by atoms with Gasteiger partial charge in [0.2, 0.25) is 0 Å². The molecule has 0 N–H and O–H groups in total. The molecule has 0 aliphatic carbocycles. The molecule has 0 saturated heterocycles. The lowest BCUT2D eigenvalue weighted by molar-refractivity contribution is -0.384. The number of non-ortho nitro benzene ring substituents is 1. The Bertz CT molecular complexity index is 881. The number of ether oxygens (including phenoxy) is 1. The minimum absolute atomic E-state index is 0.00944. The van der Waals surface area contributed by atoms with Gasteiger partial charge in [0.15, 0.2) is 0 Å². The lowest BCUT2D eigenvalue weighted by atomic mass is 10.0. The van der Waals surface area contributed by atoms with Crippen molar-refractivity contribution in [1.29, 1.82) is 0 Å². The molecule has 2 heterocycles. The molecule has 23 heavy (non-hydrogen) atoms. The van der Waals surface area contributed by atoms with Gasteiger partial charge >= 0.3 is 5.97 Å². The van der Waals surface area contributed by atoms with Gasteiger partial charge < -0.3 is 9.14 Å². The van der Waals surface area contributed by atoms with Crippen LogP contribution in [-0.4, -0.2) is 21.9 Å². The van der Waals surface area contributed by atoms with E-state index in [1.807, 2.05) is 28.8 Å². The van der Waals surface area contributed by atoms with Crippen LogP contribution in [0, 0.1) is 10.1 Å². The van der Waals surface area contributed by atoms with Crippen LogP contribution < -0.4 is 0 Å². The molecule has 0 amide bonds. The van der Waals surface area contributed by atoms with Crippen molar-refractivity contribution >= 4 is 17.2 Å². The number of rotatable bonds is 4. The number of nitro groups is 1. The molecule has 3 rings (SSSR count). The number of aromatic nitrogens is 1. The Kier molecular flexibility index (Phi) is 3.80. The van der Waals surface area contributed by atoms with Gasteiger partial charge in [0.1, 0.15) is 0 Å². The van der Waals surface area contributed by atoms with Crippen LogP contribution in [0.4, 0.5) is 5.69 Å². The first-order chi connectivity index (χ1) is 11.1. The number of hydrogen-bond donors (Lipinski definition) is 0. The number of carbonyl (C=O) groups excluding carboxylic acids is 1. The average molecular weight is 310 g/mol. The highest BCUT2D eigenvalue weighted by Gasteiger charge is 2.16. The van der Waals surface area contributed by atoms with Gasteiger partial charge in [-0.25, -0.2) is 4.79 Å². The molecule has 116 valence electrons. The SMILES string of the molecule is CCOC(=O)c1cn2cccc2cc1-c1ccc([N+](=O)[O-])cc1. The summed E-state index contributed by atoms with van der Waals surface area (Å²) in [6, 6.07) is 11.8. The Morgan fingerprint density at radius 1 is 1.26 bits per heavy atom. The molecule has 0 bridgehead atoms. The Morgan fingerprint density at radius 2 is 2.00 bits per heavy atom. The molecule has 6 nitrogen and oxygen atoms in total. The van der Waals surface area contributed by atoms with E-state index in [0.717, 1.165) is 11.1 Å². The van der Waals surface area contributed by atoms with Gasteiger partial charge in [-0.2, -0.15) is 0 Å². The number of pyridine rings is 1. The summed E-state index contributed by atoms with van der Waals surface area (Å²) in [7, 11) is 0. The van der Waals surface area contributed by atoms with Gasteiger partial charge in [-0.3, -0.25) is 10.1 Å². The zero-order valence-electron chi connectivity index (χ0n) is 12.4. The molecule has 0 atom stereocenters. The van der Waals surface area contributed by atoms with Crippen molar-refractivity contribution in [2.24, 2.45) is 0 Å². The number of nitrogens with zero attached hydrogens (tertiary/aromatic N) is 2. The van der Waals surface area contributed by atoms with E-state index >= 15 is 0 Å². The molecule has 2 aromatic heterocycles. The monoisotopic (exact) mass is 310 g/mol. The molecule has 0 aliphatic rings. The van der Waals surface area contributed by atoms with E-state index < -0.39 is 10.9 Å². The van der Waals surface area contributed by atoms with Gasteiger partial charge in [0.05, 0.1) is 17.1 Å². The first-order valence-electron chi connectivity index (χ1n) is 7.13. The van der Waals surface area contributed by atoms with Crippen LogP contribution >= 0.6 is 0 Å². The average Bonchev–Trinajstić information content (AvgIpc) is 3.01. The summed E-state index contributed by atoms with van der Waals surface area (Å²) in [6.45, 7) is 2.03. The van der Waals surface area contributed by atoms with E-state index in [2.05, 4.69) is 0 Å². The van der Waals surface area contributed by atoms with E-state index in [4.69, 9.17) is 4.74 Å². The molecule has 0 saturated carbocycles. The van der Waals surface area contributed by atoms with Gasteiger partial charge in [0, 0.05) is 30.0 Å². The third kappa shape index (κ3) is 2.78. The van der Waals surface area contributed by atoms with E-state index in [-0.39, 0.29) is 12.3 Å². The first-order valence-corrected chi connectivity index (χ1v) is 7.13. The Labute approximate surface area is 132 Å². The second-order valence-electron chi connectivity index (χ2n) is 4.97. The number of benzene rings is 1. The smallest absolute Gasteiger partial charge is 0.340 e. The van der Waals surface area contributed by atoms with Crippen LogP contribution in [0.15, 0.2) is 54.9 Å². The largest absolute Gasteiger partial charge is 0.462 e. The van der Waals surface area contributed by atoms with E-state index in [9.17, 15) is 14.9 Å². The van der Waals surface area contributed by atoms with Gasteiger partial charge in [0.25, 0.3) is 5.69 Å². The predicted octanol–water partition coefficient (Wildman–Crippen LogP) is 3.69. The summed E-state index contributed by atoms with van der Waals surface area (Å²) in [4.78, 5) is 22.6. The van der Waals surface area contributed by atoms with Crippen LogP contribution in [0.5, 0.6) is 0 Å². The third-order valence-corrected chi connectivity index (χ3v) is 3.55. The summed E-state index contributed by atoms with van der Waals surface area (Å²) in [5.74, 6) is -0.420. The molecule has 6 heteroatoms. The first kappa shape index (κ1) is 14.8. The van der Waals surface area contributed by atoms with E-state index in [0.29, 0.717) is 11.1 Å². The quantitative estimate of drug-likeness (QED) is 0.418. The second-order valence-corrected chi connectivity index (χ2v) is 4.97. The summed E-state index contributed by atoms with van der Waals surface area (Å²) in [6.07, 6.45) is 3.56. The Balaban J connectivity index is 2.15. The summed E-state index contributed by atoms with van der Waals surface area (Å²) >= 11 is 0. The topological polar surface area (TPSA) is 73.8 Å². The van der Waals surface area contributed by atoms with Crippen molar-refractivity contribution < 1.29 is 14.5 Å². The molecule has 0 unspecified atom stereocenters.